The first-order chi connectivity index (χ1) is 16.2. The van der Waals surface area contributed by atoms with Gasteiger partial charge >= 0.3 is 0 Å². The lowest BCUT2D eigenvalue weighted by Gasteiger charge is -2.09. The molecule has 0 aliphatic carbocycles. The first-order valence-corrected chi connectivity index (χ1v) is 12.5. The zero-order valence-electron chi connectivity index (χ0n) is 19.2. The van der Waals surface area contributed by atoms with Crippen molar-refractivity contribution in [3.63, 3.8) is 0 Å². The number of nitrogens with zero attached hydrogens (tertiary/aromatic N) is 1. The normalized spacial score (nSPS) is 11.1. The molecule has 4 aromatic rings. The molecule has 0 fully saturated rings. The standard InChI is InChI=1S/C26H26N4O3S.ClH/c1-30-16-23(25(31)14-11-19-9-5-6-10-21(19)26(27)28)22-15-20(12-13-24(22)30)29-34(32,33)17-18-7-3-2-4-8-18;/h2-10,12-13,15-16,29H,11,14,17H2,1H3,(H3,27,28);1H. The summed E-state index contributed by atoms with van der Waals surface area (Å²) in [5.74, 6) is -0.226. The zero-order valence-corrected chi connectivity index (χ0v) is 20.8. The first kappa shape index (κ1) is 26.0. The number of anilines is 1. The topological polar surface area (TPSA) is 118 Å². The number of carbonyl (C=O) groups excluding carboxylic acids is 1. The van der Waals surface area contributed by atoms with Gasteiger partial charge in [0.2, 0.25) is 10.0 Å². The number of nitrogens with two attached hydrogens (primary N) is 1. The van der Waals surface area contributed by atoms with Crippen LogP contribution < -0.4 is 10.5 Å². The highest BCUT2D eigenvalue weighted by molar-refractivity contribution is 7.91. The number of ketones is 1. The van der Waals surface area contributed by atoms with Crippen LogP contribution in [0, 0.1) is 5.41 Å². The second-order valence-corrected chi connectivity index (χ2v) is 9.95. The van der Waals surface area contributed by atoms with Crippen LogP contribution in [0.3, 0.4) is 0 Å². The van der Waals surface area contributed by atoms with Crippen LogP contribution in [0.5, 0.6) is 0 Å². The molecule has 4 rings (SSSR count). The maximum Gasteiger partial charge on any atom is 0.236 e. The largest absolute Gasteiger partial charge is 0.384 e. The Morgan fingerprint density at radius 1 is 1.00 bits per heavy atom. The Balaban J connectivity index is 0.00000342. The number of hydrogen-bond donors (Lipinski definition) is 3. The number of nitrogen functional groups attached to an aromatic ring is 1. The highest BCUT2D eigenvalue weighted by atomic mass is 35.5. The molecule has 1 aromatic heterocycles. The summed E-state index contributed by atoms with van der Waals surface area (Å²) in [6.45, 7) is 0. The lowest BCUT2D eigenvalue weighted by Crippen LogP contribution is -2.15. The Hall–Kier alpha value is -3.62. The second kappa shape index (κ2) is 10.8. The number of hydrogen-bond acceptors (Lipinski definition) is 4. The summed E-state index contributed by atoms with van der Waals surface area (Å²) in [6, 6.07) is 21.5. The third-order valence-electron chi connectivity index (χ3n) is 5.69. The van der Waals surface area contributed by atoms with E-state index in [4.69, 9.17) is 11.1 Å². The molecule has 3 aromatic carbocycles. The van der Waals surface area contributed by atoms with Gasteiger partial charge in [-0.25, -0.2) is 8.42 Å². The van der Waals surface area contributed by atoms with Crippen molar-refractivity contribution in [2.24, 2.45) is 12.8 Å². The summed E-state index contributed by atoms with van der Waals surface area (Å²) >= 11 is 0. The van der Waals surface area contributed by atoms with Gasteiger partial charge in [-0.05, 0) is 35.7 Å². The number of aryl methyl sites for hydroxylation is 2. The van der Waals surface area contributed by atoms with E-state index in [2.05, 4.69) is 4.72 Å². The lowest BCUT2D eigenvalue weighted by atomic mass is 9.98. The number of nitrogens with one attached hydrogen (secondary N) is 2. The molecule has 0 saturated carbocycles. The molecule has 0 aliphatic rings. The molecule has 35 heavy (non-hydrogen) atoms. The molecular weight excluding hydrogens is 484 g/mol. The van der Waals surface area contributed by atoms with Crippen molar-refractivity contribution in [3.8, 4) is 0 Å². The van der Waals surface area contributed by atoms with Gasteiger partial charge in [0.05, 0.1) is 5.75 Å². The molecule has 4 N–H and O–H groups in total. The summed E-state index contributed by atoms with van der Waals surface area (Å²) in [5, 5.41) is 8.42. The average molecular weight is 511 g/mol. The number of benzene rings is 3. The van der Waals surface area contributed by atoms with Crippen molar-refractivity contribution in [3.05, 3.63) is 101 Å². The molecule has 0 atom stereocenters. The molecule has 0 amide bonds. The van der Waals surface area contributed by atoms with Gasteiger partial charge in [-0.1, -0.05) is 54.6 Å². The quantitative estimate of drug-likeness (QED) is 0.173. The first-order valence-electron chi connectivity index (χ1n) is 10.8. The molecule has 7 nitrogen and oxygen atoms in total. The van der Waals surface area contributed by atoms with Crippen LogP contribution >= 0.6 is 12.4 Å². The smallest absolute Gasteiger partial charge is 0.236 e. The fraction of sp³-hybridized carbons (Fsp3) is 0.154. The van der Waals surface area contributed by atoms with E-state index in [0.717, 1.165) is 11.1 Å². The van der Waals surface area contributed by atoms with E-state index >= 15 is 0 Å². The lowest BCUT2D eigenvalue weighted by molar-refractivity contribution is 0.0984. The van der Waals surface area contributed by atoms with Gasteiger partial charge in [-0.3, -0.25) is 14.9 Å². The predicted molar refractivity (Wildman–Crippen MR) is 143 cm³/mol. The molecule has 182 valence electrons. The predicted octanol–water partition coefficient (Wildman–Crippen LogP) is 4.64. The van der Waals surface area contributed by atoms with Gasteiger partial charge in [-0.15, -0.1) is 12.4 Å². The van der Waals surface area contributed by atoms with Crippen molar-refractivity contribution >= 4 is 50.6 Å². The van der Waals surface area contributed by atoms with Gasteiger partial charge in [0.1, 0.15) is 5.84 Å². The van der Waals surface area contributed by atoms with E-state index in [1.807, 2.05) is 35.9 Å². The van der Waals surface area contributed by atoms with E-state index in [0.29, 0.717) is 34.2 Å². The number of aromatic nitrogens is 1. The second-order valence-electron chi connectivity index (χ2n) is 8.23. The summed E-state index contributed by atoms with van der Waals surface area (Å²) in [4.78, 5) is 13.1. The summed E-state index contributed by atoms with van der Waals surface area (Å²) in [6.07, 6.45) is 2.47. The molecule has 0 saturated heterocycles. The van der Waals surface area contributed by atoms with Gasteiger partial charge in [0, 0.05) is 47.4 Å². The number of rotatable bonds is 9. The molecule has 1 heterocycles. The van der Waals surface area contributed by atoms with Gasteiger partial charge < -0.3 is 10.3 Å². The summed E-state index contributed by atoms with van der Waals surface area (Å²) in [5.41, 5.74) is 9.60. The summed E-state index contributed by atoms with van der Waals surface area (Å²) < 4.78 is 29.8. The fourth-order valence-corrected chi connectivity index (χ4v) is 5.26. The Morgan fingerprint density at radius 3 is 2.40 bits per heavy atom. The van der Waals surface area contributed by atoms with Crippen molar-refractivity contribution in [1.29, 1.82) is 5.41 Å². The van der Waals surface area contributed by atoms with E-state index in [-0.39, 0.29) is 36.2 Å². The Morgan fingerprint density at radius 2 is 1.69 bits per heavy atom. The molecule has 0 radical (unpaired) electrons. The number of halogens is 1. The zero-order chi connectivity index (χ0) is 24.3. The SMILES string of the molecule is Cl.Cn1cc(C(=O)CCc2ccccc2C(=N)N)c2cc(NS(=O)(=O)Cc3ccccc3)ccc21. The van der Waals surface area contributed by atoms with E-state index in [1.165, 1.54) is 0 Å². The van der Waals surface area contributed by atoms with Crippen LogP contribution in [-0.4, -0.2) is 24.6 Å². The average Bonchev–Trinajstić information content (AvgIpc) is 3.13. The van der Waals surface area contributed by atoms with Gasteiger partial charge in [0.25, 0.3) is 0 Å². The molecule has 9 heteroatoms. The van der Waals surface area contributed by atoms with Gasteiger partial charge in [-0.2, -0.15) is 0 Å². The molecule has 0 unspecified atom stereocenters. The van der Waals surface area contributed by atoms with Crippen LogP contribution in [0.4, 0.5) is 5.69 Å². The fourth-order valence-electron chi connectivity index (χ4n) is 4.07. The third kappa shape index (κ3) is 6.09. The number of fused-ring (bicyclic) bond motifs is 1. The van der Waals surface area contributed by atoms with E-state index in [1.54, 1.807) is 54.7 Å². The highest BCUT2D eigenvalue weighted by Gasteiger charge is 2.17. The van der Waals surface area contributed by atoms with Crippen molar-refractivity contribution < 1.29 is 13.2 Å². The van der Waals surface area contributed by atoms with E-state index in [9.17, 15) is 13.2 Å². The maximum atomic E-state index is 13.1. The maximum absolute atomic E-state index is 13.1. The van der Waals surface area contributed by atoms with Gasteiger partial charge in [0.15, 0.2) is 5.78 Å². The van der Waals surface area contributed by atoms with Crippen LogP contribution in [0.2, 0.25) is 0 Å². The number of carbonyl (C=O) groups is 1. The third-order valence-corrected chi connectivity index (χ3v) is 6.95. The minimum Gasteiger partial charge on any atom is -0.384 e. The summed E-state index contributed by atoms with van der Waals surface area (Å²) in [7, 11) is -1.76. The molecule has 0 bridgehead atoms. The van der Waals surface area contributed by atoms with Crippen LogP contribution in [-0.2, 0) is 29.2 Å². The van der Waals surface area contributed by atoms with E-state index < -0.39 is 10.0 Å². The Kier molecular flexibility index (Phi) is 7.99. The molecular formula is C26H27ClN4O3S. The van der Waals surface area contributed by atoms with Crippen molar-refractivity contribution in [2.75, 3.05) is 4.72 Å². The minimum absolute atomic E-state index is 0. The van der Waals surface area contributed by atoms with Crippen LogP contribution in [0.15, 0.2) is 79.0 Å². The molecule has 0 spiro atoms. The highest BCUT2D eigenvalue weighted by Crippen LogP contribution is 2.27. The Labute approximate surface area is 210 Å². The molecule has 0 aliphatic heterocycles. The van der Waals surface area contributed by atoms with Crippen LogP contribution in [0.25, 0.3) is 10.9 Å². The number of sulfonamides is 1. The Bertz CT molecular complexity index is 1480. The number of Topliss-reactive ketones (excluding diaryl/α,β-unsaturated/α-hetero) is 1. The number of amidine groups is 1. The van der Waals surface area contributed by atoms with Crippen LogP contribution in [0.1, 0.15) is 33.5 Å². The van der Waals surface area contributed by atoms with Crippen molar-refractivity contribution in [2.45, 2.75) is 18.6 Å². The van der Waals surface area contributed by atoms with Crippen molar-refractivity contribution in [1.82, 2.24) is 4.57 Å². The minimum atomic E-state index is -3.62. The monoisotopic (exact) mass is 510 g/mol.